The van der Waals surface area contributed by atoms with E-state index in [9.17, 15) is 9.90 Å². The third kappa shape index (κ3) is 2.66. The molecule has 0 radical (unpaired) electrons. The number of hydrogen-bond donors (Lipinski definition) is 2. The largest absolute Gasteiger partial charge is 0.388 e. The lowest BCUT2D eigenvalue weighted by atomic mass is 9.80. The number of aromatic nitrogens is 2. The van der Waals surface area contributed by atoms with E-state index in [1.807, 2.05) is 4.57 Å². The molecule has 3 rings (SSSR count). The van der Waals surface area contributed by atoms with E-state index in [1.165, 1.54) is 18.5 Å². The van der Waals surface area contributed by atoms with Crippen molar-refractivity contribution >= 4 is 5.91 Å². The van der Waals surface area contributed by atoms with Crippen LogP contribution in [0.5, 0.6) is 0 Å². The molecule has 19 heavy (non-hydrogen) atoms. The van der Waals surface area contributed by atoms with Crippen LogP contribution in [0.15, 0.2) is 6.33 Å². The Morgan fingerprint density at radius 1 is 1.37 bits per heavy atom. The maximum Gasteiger partial charge on any atom is 0.240 e. The third-order valence-corrected chi connectivity index (χ3v) is 4.32. The number of aryl methyl sites for hydroxylation is 1. The summed E-state index contributed by atoms with van der Waals surface area (Å²) in [4.78, 5) is 16.3. The van der Waals surface area contributed by atoms with Crippen molar-refractivity contribution in [3.8, 4) is 0 Å². The minimum absolute atomic E-state index is 0.0360. The number of fused-ring (bicyclic) bond motifs is 1. The van der Waals surface area contributed by atoms with Crippen molar-refractivity contribution in [3.63, 3.8) is 0 Å². The van der Waals surface area contributed by atoms with Crippen LogP contribution in [0.4, 0.5) is 0 Å². The lowest BCUT2D eigenvalue weighted by Crippen LogP contribution is -2.48. The van der Waals surface area contributed by atoms with E-state index < -0.39 is 5.60 Å². The Morgan fingerprint density at radius 3 is 2.89 bits per heavy atom. The van der Waals surface area contributed by atoms with Gasteiger partial charge >= 0.3 is 0 Å². The lowest BCUT2D eigenvalue weighted by Gasteiger charge is -2.36. The fourth-order valence-corrected chi connectivity index (χ4v) is 2.90. The van der Waals surface area contributed by atoms with Gasteiger partial charge in [0, 0.05) is 12.2 Å². The number of nitrogens with zero attached hydrogens (tertiary/aromatic N) is 2. The van der Waals surface area contributed by atoms with Crippen molar-refractivity contribution in [2.45, 2.75) is 57.1 Å². The van der Waals surface area contributed by atoms with E-state index in [1.54, 1.807) is 6.33 Å². The molecule has 5 heteroatoms. The van der Waals surface area contributed by atoms with E-state index in [0.717, 1.165) is 37.8 Å². The molecule has 1 fully saturated rings. The Bertz CT molecular complexity index is 477. The third-order valence-electron chi connectivity index (χ3n) is 4.32. The quantitative estimate of drug-likeness (QED) is 0.844. The number of aliphatic hydroxyl groups is 1. The molecule has 5 nitrogen and oxygen atoms in total. The smallest absolute Gasteiger partial charge is 0.240 e. The maximum atomic E-state index is 11.9. The van der Waals surface area contributed by atoms with Crippen LogP contribution in [0.25, 0.3) is 0 Å². The summed E-state index contributed by atoms with van der Waals surface area (Å²) >= 11 is 0. The standard InChI is InChI=1S/C14H21N3O2/c18-13(15-9-14(19)6-3-7-14)8-17-10-16-11-4-1-2-5-12(11)17/h10,19H,1-9H2,(H,15,18). The molecular weight excluding hydrogens is 242 g/mol. The number of amides is 1. The summed E-state index contributed by atoms with van der Waals surface area (Å²) in [6, 6.07) is 0. The van der Waals surface area contributed by atoms with E-state index in [2.05, 4.69) is 10.3 Å². The minimum atomic E-state index is -0.649. The summed E-state index contributed by atoms with van der Waals surface area (Å²) in [5.74, 6) is -0.0360. The molecule has 0 aromatic carbocycles. The summed E-state index contributed by atoms with van der Waals surface area (Å²) < 4.78 is 1.95. The average Bonchev–Trinajstić information content (AvgIpc) is 2.78. The molecule has 1 heterocycles. The Hall–Kier alpha value is -1.36. The molecule has 2 aliphatic carbocycles. The molecule has 0 atom stereocenters. The molecule has 1 aromatic rings. The molecule has 0 bridgehead atoms. The highest BCUT2D eigenvalue weighted by molar-refractivity contribution is 5.75. The van der Waals surface area contributed by atoms with Crippen LogP contribution in [0.3, 0.4) is 0 Å². The predicted octanol–water partition coefficient (Wildman–Crippen LogP) is 0.793. The van der Waals surface area contributed by atoms with E-state index in [4.69, 9.17) is 0 Å². The highest BCUT2D eigenvalue weighted by Crippen LogP contribution is 2.30. The van der Waals surface area contributed by atoms with Gasteiger partial charge in [-0.15, -0.1) is 0 Å². The fourth-order valence-electron chi connectivity index (χ4n) is 2.90. The van der Waals surface area contributed by atoms with Crippen LogP contribution in [0.1, 0.15) is 43.5 Å². The average molecular weight is 263 g/mol. The second-order valence-corrected chi connectivity index (χ2v) is 5.83. The summed E-state index contributed by atoms with van der Waals surface area (Å²) in [5, 5.41) is 12.8. The summed E-state index contributed by atoms with van der Waals surface area (Å²) in [7, 11) is 0. The van der Waals surface area contributed by atoms with Gasteiger partial charge in [0.2, 0.25) is 5.91 Å². The van der Waals surface area contributed by atoms with Gasteiger partial charge in [0.1, 0.15) is 6.54 Å². The first kappa shape index (κ1) is 12.7. The molecular formula is C14H21N3O2. The predicted molar refractivity (Wildman–Crippen MR) is 70.7 cm³/mol. The van der Waals surface area contributed by atoms with E-state index in [0.29, 0.717) is 13.1 Å². The highest BCUT2D eigenvalue weighted by Gasteiger charge is 2.34. The first-order valence-electron chi connectivity index (χ1n) is 7.18. The number of rotatable bonds is 4. The number of imidazole rings is 1. The Morgan fingerprint density at radius 2 is 2.16 bits per heavy atom. The minimum Gasteiger partial charge on any atom is -0.388 e. The molecule has 1 amide bonds. The van der Waals surface area contributed by atoms with Gasteiger partial charge < -0.3 is 15.0 Å². The van der Waals surface area contributed by atoms with Gasteiger partial charge in [-0.25, -0.2) is 4.98 Å². The molecule has 1 aromatic heterocycles. The van der Waals surface area contributed by atoms with Crippen LogP contribution < -0.4 is 5.32 Å². The zero-order chi connectivity index (χ0) is 13.3. The van der Waals surface area contributed by atoms with Crippen molar-refractivity contribution in [1.82, 2.24) is 14.9 Å². The molecule has 2 N–H and O–H groups in total. The number of carbonyl (C=O) groups is 1. The van der Waals surface area contributed by atoms with Crippen molar-refractivity contribution < 1.29 is 9.90 Å². The Balaban J connectivity index is 1.55. The van der Waals surface area contributed by atoms with Crippen LogP contribution >= 0.6 is 0 Å². The second kappa shape index (κ2) is 4.96. The Labute approximate surface area is 113 Å². The first-order chi connectivity index (χ1) is 9.16. The Kier molecular flexibility index (Phi) is 3.31. The fraction of sp³-hybridized carbons (Fsp3) is 0.714. The summed E-state index contributed by atoms with van der Waals surface area (Å²) in [6.45, 7) is 0.696. The van der Waals surface area contributed by atoms with Gasteiger partial charge in [-0.1, -0.05) is 0 Å². The molecule has 1 saturated carbocycles. The maximum absolute atomic E-state index is 11.9. The first-order valence-corrected chi connectivity index (χ1v) is 7.18. The number of nitrogens with one attached hydrogen (secondary N) is 1. The molecule has 2 aliphatic rings. The van der Waals surface area contributed by atoms with Crippen molar-refractivity contribution in [2.75, 3.05) is 6.54 Å². The van der Waals surface area contributed by atoms with Gasteiger partial charge in [0.15, 0.2) is 0 Å². The van der Waals surface area contributed by atoms with Gasteiger partial charge in [-0.3, -0.25) is 4.79 Å². The molecule has 0 saturated heterocycles. The zero-order valence-corrected chi connectivity index (χ0v) is 11.2. The monoisotopic (exact) mass is 263 g/mol. The van der Waals surface area contributed by atoms with Crippen LogP contribution in [-0.2, 0) is 24.2 Å². The van der Waals surface area contributed by atoms with Gasteiger partial charge in [0.25, 0.3) is 0 Å². The van der Waals surface area contributed by atoms with Crippen LogP contribution in [-0.4, -0.2) is 32.7 Å². The SMILES string of the molecule is O=C(Cn1cnc2c1CCCC2)NCC1(O)CCC1. The summed E-state index contributed by atoms with van der Waals surface area (Å²) in [5.41, 5.74) is 1.71. The van der Waals surface area contributed by atoms with Crippen LogP contribution in [0.2, 0.25) is 0 Å². The van der Waals surface area contributed by atoms with Gasteiger partial charge in [-0.2, -0.15) is 0 Å². The zero-order valence-electron chi connectivity index (χ0n) is 11.2. The second-order valence-electron chi connectivity index (χ2n) is 5.83. The molecule has 104 valence electrons. The molecule has 0 unspecified atom stereocenters. The summed E-state index contributed by atoms with van der Waals surface area (Å²) in [6.07, 6.45) is 8.86. The molecule has 0 spiro atoms. The van der Waals surface area contributed by atoms with E-state index >= 15 is 0 Å². The molecule has 0 aliphatic heterocycles. The van der Waals surface area contributed by atoms with Gasteiger partial charge in [0.05, 0.1) is 17.6 Å². The van der Waals surface area contributed by atoms with Crippen molar-refractivity contribution in [3.05, 3.63) is 17.7 Å². The topological polar surface area (TPSA) is 67.2 Å². The van der Waals surface area contributed by atoms with Gasteiger partial charge in [-0.05, 0) is 44.9 Å². The van der Waals surface area contributed by atoms with Crippen molar-refractivity contribution in [1.29, 1.82) is 0 Å². The van der Waals surface area contributed by atoms with E-state index in [-0.39, 0.29) is 5.91 Å². The lowest BCUT2D eigenvalue weighted by molar-refractivity contribution is -0.124. The highest BCUT2D eigenvalue weighted by atomic mass is 16.3. The normalized spacial score (nSPS) is 20.5. The van der Waals surface area contributed by atoms with Crippen LogP contribution in [0, 0.1) is 0 Å². The number of hydrogen-bond acceptors (Lipinski definition) is 3. The van der Waals surface area contributed by atoms with Crippen molar-refractivity contribution in [2.24, 2.45) is 0 Å². The number of carbonyl (C=O) groups excluding carboxylic acids is 1.